The number of thioether (sulfide) groups is 1. The minimum atomic E-state index is -0.893. The maximum atomic E-state index is 13.1. The van der Waals surface area contributed by atoms with Crippen LogP contribution in [0.25, 0.3) is 23.0 Å². The fourth-order valence-corrected chi connectivity index (χ4v) is 5.24. The normalized spacial score (nSPS) is 14.5. The maximum Gasteiger partial charge on any atom is 0.303 e. The van der Waals surface area contributed by atoms with E-state index in [0.717, 1.165) is 46.7 Å². The predicted molar refractivity (Wildman–Crippen MR) is 151 cm³/mol. The summed E-state index contributed by atoms with van der Waals surface area (Å²) in [6, 6.07) is 15.8. The van der Waals surface area contributed by atoms with Crippen LogP contribution in [0.5, 0.6) is 5.75 Å². The van der Waals surface area contributed by atoms with Gasteiger partial charge in [0, 0.05) is 30.3 Å². The number of hydrogen-bond donors (Lipinski definition) is 1. The molecule has 1 N–H and O–H groups in total. The molecule has 0 atom stereocenters. The Labute approximate surface area is 226 Å². The van der Waals surface area contributed by atoms with Crippen molar-refractivity contribution in [3.63, 3.8) is 0 Å². The first-order chi connectivity index (χ1) is 17.9. The number of carbonyl (C=O) groups excluding carboxylic acids is 1. The highest BCUT2D eigenvalue weighted by atomic mass is 32.2. The molecule has 0 radical (unpaired) electrons. The molecule has 1 saturated heterocycles. The van der Waals surface area contributed by atoms with Crippen LogP contribution < -0.4 is 4.74 Å². The van der Waals surface area contributed by atoms with E-state index in [9.17, 15) is 9.59 Å². The van der Waals surface area contributed by atoms with Gasteiger partial charge >= 0.3 is 5.97 Å². The molecule has 1 aromatic heterocycles. The number of nitrogens with zero attached hydrogens (tertiary/aromatic N) is 3. The Kier molecular flexibility index (Phi) is 8.78. The van der Waals surface area contributed by atoms with Gasteiger partial charge in [-0.05, 0) is 61.7 Å². The first-order valence-electron chi connectivity index (χ1n) is 12.2. The summed E-state index contributed by atoms with van der Waals surface area (Å²) in [5.74, 6) is -0.255. The number of unbranched alkanes of at least 4 members (excludes halogenated alkanes) is 1. The van der Waals surface area contributed by atoms with Crippen molar-refractivity contribution in [1.29, 1.82) is 0 Å². The number of aliphatic carboxylic acids is 1. The lowest BCUT2D eigenvalue weighted by molar-refractivity contribution is -0.137. The lowest BCUT2D eigenvalue weighted by Gasteiger charge is -2.13. The molecule has 0 saturated carbocycles. The Bertz CT molecular complexity index is 1330. The number of aryl methyl sites for hydroxylation is 1. The number of thiocarbonyl (C=S) groups is 1. The molecule has 1 aliphatic heterocycles. The Balaban J connectivity index is 1.68. The van der Waals surface area contributed by atoms with Crippen LogP contribution in [0.3, 0.4) is 0 Å². The monoisotopic (exact) mass is 535 g/mol. The summed E-state index contributed by atoms with van der Waals surface area (Å²) in [4.78, 5) is 25.9. The number of ether oxygens (including phenoxy) is 1. The topological polar surface area (TPSA) is 84.7 Å². The molecule has 7 nitrogen and oxygen atoms in total. The van der Waals surface area contributed by atoms with Crippen molar-refractivity contribution in [2.75, 3.05) is 13.2 Å². The van der Waals surface area contributed by atoms with E-state index in [0.29, 0.717) is 22.3 Å². The molecule has 2 aromatic carbocycles. The summed E-state index contributed by atoms with van der Waals surface area (Å²) >= 11 is 6.64. The summed E-state index contributed by atoms with van der Waals surface area (Å²) < 4.78 is 8.16. The number of carboxylic acid groups (broad SMARTS) is 1. The summed E-state index contributed by atoms with van der Waals surface area (Å²) in [5, 5.41) is 13.8. The molecule has 9 heteroatoms. The highest BCUT2D eigenvalue weighted by molar-refractivity contribution is 8.26. The van der Waals surface area contributed by atoms with Gasteiger partial charge in [-0.2, -0.15) is 5.10 Å². The predicted octanol–water partition coefficient (Wildman–Crippen LogP) is 6.09. The third kappa shape index (κ3) is 6.47. The van der Waals surface area contributed by atoms with Gasteiger partial charge in [-0.3, -0.25) is 14.5 Å². The quantitative estimate of drug-likeness (QED) is 0.181. The minimum absolute atomic E-state index is 0.0123. The van der Waals surface area contributed by atoms with E-state index < -0.39 is 5.97 Å². The smallest absolute Gasteiger partial charge is 0.303 e. The summed E-state index contributed by atoms with van der Waals surface area (Å²) in [5.41, 5.74) is 4.36. The molecular weight excluding hydrogens is 506 g/mol. The lowest BCUT2D eigenvalue weighted by atomic mass is 10.0. The van der Waals surface area contributed by atoms with E-state index in [4.69, 9.17) is 27.2 Å². The number of para-hydroxylation sites is 1. The van der Waals surface area contributed by atoms with Crippen molar-refractivity contribution in [2.24, 2.45) is 0 Å². The molecule has 3 aromatic rings. The van der Waals surface area contributed by atoms with Gasteiger partial charge in [0.05, 0.1) is 17.2 Å². The molecule has 1 aliphatic rings. The summed E-state index contributed by atoms with van der Waals surface area (Å²) in [7, 11) is 0. The summed E-state index contributed by atoms with van der Waals surface area (Å²) in [6.07, 6.45) is 6.13. The number of carboxylic acids is 1. The zero-order valence-corrected chi connectivity index (χ0v) is 22.5. The average molecular weight is 536 g/mol. The van der Waals surface area contributed by atoms with Crippen LogP contribution in [-0.4, -0.2) is 49.1 Å². The van der Waals surface area contributed by atoms with Gasteiger partial charge in [-0.15, -0.1) is 0 Å². The van der Waals surface area contributed by atoms with Gasteiger partial charge in [0.1, 0.15) is 15.8 Å². The molecule has 192 valence electrons. The molecule has 0 aliphatic carbocycles. The van der Waals surface area contributed by atoms with Crippen LogP contribution in [0.1, 0.15) is 43.7 Å². The molecular formula is C28H29N3O4S2. The van der Waals surface area contributed by atoms with Gasteiger partial charge in [-0.25, -0.2) is 4.68 Å². The lowest BCUT2D eigenvalue weighted by Crippen LogP contribution is -2.29. The standard InChI is InChI=1S/C28H29N3O4S2/c1-3-4-15-35-23-13-12-20(16-19(23)2)26-21(18-31(29-26)22-9-6-5-7-10-22)17-24-27(34)30(28(36)37-24)14-8-11-25(32)33/h5-7,9-10,12-13,16-18H,3-4,8,11,14-15H2,1-2H3,(H,32,33)/b24-17-. The first-order valence-corrected chi connectivity index (χ1v) is 13.5. The molecule has 0 spiro atoms. The van der Waals surface area contributed by atoms with Crippen molar-refractivity contribution < 1.29 is 19.4 Å². The van der Waals surface area contributed by atoms with E-state index in [1.54, 1.807) is 4.68 Å². The molecule has 37 heavy (non-hydrogen) atoms. The van der Waals surface area contributed by atoms with E-state index in [2.05, 4.69) is 6.92 Å². The number of hydrogen-bond acceptors (Lipinski definition) is 6. The molecule has 0 bridgehead atoms. The van der Waals surface area contributed by atoms with Crippen molar-refractivity contribution in [2.45, 2.75) is 39.5 Å². The van der Waals surface area contributed by atoms with Crippen molar-refractivity contribution in [1.82, 2.24) is 14.7 Å². The second kappa shape index (κ2) is 12.2. The number of carbonyl (C=O) groups is 2. The molecule has 1 fully saturated rings. The van der Waals surface area contributed by atoms with Gasteiger partial charge < -0.3 is 9.84 Å². The zero-order chi connectivity index (χ0) is 26.4. The van der Waals surface area contributed by atoms with Gasteiger partial charge in [0.15, 0.2) is 0 Å². The van der Waals surface area contributed by atoms with Crippen molar-refractivity contribution in [3.8, 4) is 22.7 Å². The Morgan fingerprint density at radius 1 is 1.19 bits per heavy atom. The second-order valence-electron chi connectivity index (χ2n) is 8.73. The Hall–Kier alpha value is -3.43. The fourth-order valence-electron chi connectivity index (χ4n) is 3.94. The highest BCUT2D eigenvalue weighted by Gasteiger charge is 2.32. The van der Waals surface area contributed by atoms with E-state index in [1.807, 2.05) is 67.7 Å². The largest absolute Gasteiger partial charge is 0.493 e. The fraction of sp³-hybridized carbons (Fsp3) is 0.286. The van der Waals surface area contributed by atoms with E-state index in [-0.39, 0.29) is 18.9 Å². The number of rotatable bonds is 11. The van der Waals surface area contributed by atoms with Crippen LogP contribution in [0.4, 0.5) is 0 Å². The van der Waals surface area contributed by atoms with Crippen molar-refractivity contribution in [3.05, 3.63) is 70.8 Å². The number of amides is 1. The van der Waals surface area contributed by atoms with Crippen LogP contribution in [0.2, 0.25) is 0 Å². The maximum absolute atomic E-state index is 13.1. The third-order valence-corrected chi connectivity index (χ3v) is 7.28. The van der Waals surface area contributed by atoms with Gasteiger partial charge in [0.25, 0.3) is 5.91 Å². The second-order valence-corrected chi connectivity index (χ2v) is 10.4. The van der Waals surface area contributed by atoms with Crippen LogP contribution >= 0.6 is 24.0 Å². The third-order valence-electron chi connectivity index (χ3n) is 5.90. The number of aromatic nitrogens is 2. The Morgan fingerprint density at radius 2 is 1.97 bits per heavy atom. The average Bonchev–Trinajstić information content (AvgIpc) is 3.42. The molecule has 0 unspecified atom stereocenters. The first kappa shape index (κ1) is 26.6. The molecule has 2 heterocycles. The van der Waals surface area contributed by atoms with Crippen LogP contribution in [0.15, 0.2) is 59.6 Å². The van der Waals surface area contributed by atoms with Gasteiger partial charge in [0.2, 0.25) is 0 Å². The van der Waals surface area contributed by atoms with Crippen LogP contribution in [-0.2, 0) is 9.59 Å². The minimum Gasteiger partial charge on any atom is -0.493 e. The SMILES string of the molecule is CCCCOc1ccc(-c2nn(-c3ccccc3)cc2/C=C2\SC(=S)N(CCCC(=O)O)C2=O)cc1C. The molecule has 4 rings (SSSR count). The summed E-state index contributed by atoms with van der Waals surface area (Å²) in [6.45, 7) is 5.11. The van der Waals surface area contributed by atoms with E-state index in [1.165, 1.54) is 16.7 Å². The zero-order valence-electron chi connectivity index (χ0n) is 20.8. The number of benzene rings is 2. The molecule has 1 amide bonds. The van der Waals surface area contributed by atoms with Crippen LogP contribution in [0, 0.1) is 6.92 Å². The van der Waals surface area contributed by atoms with Crippen molar-refractivity contribution >= 4 is 46.3 Å². The van der Waals surface area contributed by atoms with E-state index >= 15 is 0 Å². The Morgan fingerprint density at radius 3 is 2.68 bits per heavy atom. The van der Waals surface area contributed by atoms with Gasteiger partial charge in [-0.1, -0.05) is 55.5 Å². The highest BCUT2D eigenvalue weighted by Crippen LogP contribution is 2.36.